The predicted molar refractivity (Wildman–Crippen MR) is 108 cm³/mol. The number of fused-ring (bicyclic) bond motifs is 1. The number of carbonyl (C=O) groups excluding carboxylic acids is 1. The number of hydrogen-bond acceptors (Lipinski definition) is 4. The average molecular weight is 367 g/mol. The average Bonchev–Trinajstić information content (AvgIpc) is 3.20. The van der Waals surface area contributed by atoms with E-state index in [1.165, 1.54) is 12.8 Å². The second-order valence-corrected chi connectivity index (χ2v) is 7.91. The van der Waals surface area contributed by atoms with Gasteiger partial charge in [0.25, 0.3) is 0 Å². The Labute approximate surface area is 161 Å². The van der Waals surface area contributed by atoms with E-state index in [1.807, 2.05) is 18.2 Å². The molecular formula is C22H29N3O2. The zero-order valence-electron chi connectivity index (χ0n) is 16.1. The van der Waals surface area contributed by atoms with Gasteiger partial charge in [-0.1, -0.05) is 12.8 Å². The molecule has 27 heavy (non-hydrogen) atoms. The van der Waals surface area contributed by atoms with E-state index < -0.39 is 0 Å². The van der Waals surface area contributed by atoms with Crippen LogP contribution in [0.5, 0.6) is 5.75 Å². The highest BCUT2D eigenvalue weighted by Crippen LogP contribution is 2.27. The SMILES string of the molecule is COc1ccc2nc(N3CCC(CC(=O)NC4CCCC4)CC3)ccc2c1. The standard InChI is InChI=1S/C22H29N3O2/c1-27-19-7-8-20-17(15-19)6-9-21(24-20)25-12-10-16(11-13-25)14-22(26)23-18-4-2-3-5-18/h6-9,15-16,18H,2-5,10-14H2,1H3,(H,23,26). The molecule has 1 N–H and O–H groups in total. The Kier molecular flexibility index (Phi) is 5.46. The number of ether oxygens (including phenoxy) is 1. The van der Waals surface area contributed by atoms with Crippen molar-refractivity contribution in [3.05, 3.63) is 30.3 Å². The van der Waals surface area contributed by atoms with E-state index in [9.17, 15) is 4.79 Å². The maximum atomic E-state index is 12.3. The molecule has 1 aromatic carbocycles. The van der Waals surface area contributed by atoms with Crippen LogP contribution in [0, 0.1) is 5.92 Å². The highest BCUT2D eigenvalue weighted by Gasteiger charge is 2.24. The fourth-order valence-electron chi connectivity index (χ4n) is 4.38. The largest absolute Gasteiger partial charge is 0.497 e. The van der Waals surface area contributed by atoms with Gasteiger partial charge < -0.3 is 15.0 Å². The molecule has 2 aromatic rings. The zero-order valence-corrected chi connectivity index (χ0v) is 16.1. The lowest BCUT2D eigenvalue weighted by Crippen LogP contribution is -2.38. The van der Waals surface area contributed by atoms with E-state index in [0.29, 0.717) is 18.4 Å². The fraction of sp³-hybridized carbons (Fsp3) is 0.545. The number of benzene rings is 1. The van der Waals surface area contributed by atoms with E-state index in [1.54, 1.807) is 7.11 Å². The van der Waals surface area contributed by atoms with Gasteiger partial charge in [-0.15, -0.1) is 0 Å². The van der Waals surface area contributed by atoms with Gasteiger partial charge in [0.2, 0.25) is 5.91 Å². The van der Waals surface area contributed by atoms with Gasteiger partial charge in [-0.3, -0.25) is 4.79 Å². The first-order valence-corrected chi connectivity index (χ1v) is 10.2. The van der Waals surface area contributed by atoms with Crippen molar-refractivity contribution in [3.63, 3.8) is 0 Å². The van der Waals surface area contributed by atoms with Crippen molar-refractivity contribution in [2.24, 2.45) is 5.92 Å². The molecule has 2 heterocycles. The normalized spacial score (nSPS) is 18.8. The molecule has 2 aliphatic rings. The van der Waals surface area contributed by atoms with E-state index >= 15 is 0 Å². The molecule has 5 nitrogen and oxygen atoms in total. The van der Waals surface area contributed by atoms with Crippen LogP contribution in [0.25, 0.3) is 10.9 Å². The Morgan fingerprint density at radius 1 is 1.15 bits per heavy atom. The van der Waals surface area contributed by atoms with Gasteiger partial charge in [-0.05, 0) is 61.9 Å². The van der Waals surface area contributed by atoms with Crippen LogP contribution in [0.1, 0.15) is 44.9 Å². The maximum absolute atomic E-state index is 12.3. The molecule has 0 bridgehead atoms. The summed E-state index contributed by atoms with van der Waals surface area (Å²) in [7, 11) is 1.68. The Bertz CT molecular complexity index is 793. The number of hydrogen-bond donors (Lipinski definition) is 1. The first kappa shape index (κ1) is 18.1. The molecule has 1 amide bonds. The number of nitrogens with one attached hydrogen (secondary N) is 1. The van der Waals surface area contributed by atoms with Crippen LogP contribution >= 0.6 is 0 Å². The van der Waals surface area contributed by atoms with Crippen LogP contribution in [-0.4, -0.2) is 37.1 Å². The first-order valence-electron chi connectivity index (χ1n) is 10.2. The third kappa shape index (κ3) is 4.34. The van der Waals surface area contributed by atoms with Crippen molar-refractivity contribution >= 4 is 22.6 Å². The minimum absolute atomic E-state index is 0.248. The van der Waals surface area contributed by atoms with E-state index in [0.717, 1.165) is 61.2 Å². The number of anilines is 1. The van der Waals surface area contributed by atoms with E-state index in [4.69, 9.17) is 9.72 Å². The van der Waals surface area contributed by atoms with Crippen molar-refractivity contribution < 1.29 is 9.53 Å². The number of nitrogens with zero attached hydrogens (tertiary/aromatic N) is 2. The minimum atomic E-state index is 0.248. The lowest BCUT2D eigenvalue weighted by molar-refractivity contribution is -0.122. The van der Waals surface area contributed by atoms with Gasteiger partial charge >= 0.3 is 0 Å². The Hall–Kier alpha value is -2.30. The maximum Gasteiger partial charge on any atom is 0.220 e. The van der Waals surface area contributed by atoms with Crippen molar-refractivity contribution in [2.75, 3.05) is 25.1 Å². The molecular weight excluding hydrogens is 338 g/mol. The quantitative estimate of drug-likeness (QED) is 0.871. The zero-order chi connectivity index (χ0) is 18.6. The first-order chi connectivity index (χ1) is 13.2. The molecule has 0 radical (unpaired) electrons. The van der Waals surface area contributed by atoms with E-state index in [-0.39, 0.29) is 5.91 Å². The van der Waals surface area contributed by atoms with Crippen LogP contribution in [0.15, 0.2) is 30.3 Å². The number of pyridine rings is 1. The summed E-state index contributed by atoms with van der Waals surface area (Å²) in [6.45, 7) is 1.94. The summed E-state index contributed by atoms with van der Waals surface area (Å²) < 4.78 is 5.28. The van der Waals surface area contributed by atoms with E-state index in [2.05, 4.69) is 22.3 Å². The molecule has 144 valence electrons. The van der Waals surface area contributed by atoms with Crippen LogP contribution in [0.4, 0.5) is 5.82 Å². The highest BCUT2D eigenvalue weighted by atomic mass is 16.5. The summed E-state index contributed by atoms with van der Waals surface area (Å²) in [5.41, 5.74) is 0.992. The molecule has 2 fully saturated rings. The monoisotopic (exact) mass is 367 g/mol. The molecule has 1 saturated carbocycles. The van der Waals surface area contributed by atoms with Crippen molar-refractivity contribution in [1.82, 2.24) is 10.3 Å². The fourth-order valence-corrected chi connectivity index (χ4v) is 4.38. The minimum Gasteiger partial charge on any atom is -0.497 e. The Morgan fingerprint density at radius 2 is 1.93 bits per heavy atom. The number of methoxy groups -OCH3 is 1. The molecule has 4 rings (SSSR count). The number of aromatic nitrogens is 1. The Morgan fingerprint density at radius 3 is 2.67 bits per heavy atom. The van der Waals surface area contributed by atoms with Crippen molar-refractivity contribution in [2.45, 2.75) is 51.0 Å². The van der Waals surface area contributed by atoms with Gasteiger partial charge in [0, 0.05) is 30.9 Å². The summed E-state index contributed by atoms with van der Waals surface area (Å²) in [5.74, 6) is 2.63. The lowest BCUT2D eigenvalue weighted by atomic mass is 9.93. The lowest BCUT2D eigenvalue weighted by Gasteiger charge is -2.32. The highest BCUT2D eigenvalue weighted by molar-refractivity contribution is 5.82. The smallest absolute Gasteiger partial charge is 0.220 e. The molecule has 1 saturated heterocycles. The molecule has 1 aliphatic carbocycles. The van der Waals surface area contributed by atoms with Gasteiger partial charge in [0.15, 0.2) is 0 Å². The summed E-state index contributed by atoms with van der Waals surface area (Å²) in [6, 6.07) is 10.6. The molecule has 0 unspecified atom stereocenters. The van der Waals surface area contributed by atoms with Crippen molar-refractivity contribution in [1.29, 1.82) is 0 Å². The van der Waals surface area contributed by atoms with Gasteiger partial charge in [0.05, 0.1) is 12.6 Å². The molecule has 0 spiro atoms. The third-order valence-corrected chi connectivity index (χ3v) is 6.01. The third-order valence-electron chi connectivity index (χ3n) is 6.01. The summed E-state index contributed by atoms with van der Waals surface area (Å²) in [5, 5.41) is 4.32. The van der Waals surface area contributed by atoms with Crippen molar-refractivity contribution in [3.8, 4) is 5.75 Å². The van der Waals surface area contributed by atoms with Gasteiger partial charge in [-0.2, -0.15) is 0 Å². The second-order valence-electron chi connectivity index (χ2n) is 7.91. The Balaban J connectivity index is 1.32. The van der Waals surface area contributed by atoms with Crippen LogP contribution in [0.2, 0.25) is 0 Å². The molecule has 0 atom stereocenters. The number of piperidine rings is 1. The number of rotatable bonds is 5. The molecule has 5 heteroatoms. The predicted octanol–water partition coefficient (Wildman–Crippen LogP) is 3.91. The summed E-state index contributed by atoms with van der Waals surface area (Å²) in [6.07, 6.45) is 7.62. The van der Waals surface area contributed by atoms with Crippen LogP contribution in [0.3, 0.4) is 0 Å². The molecule has 1 aliphatic heterocycles. The van der Waals surface area contributed by atoms with Crippen LogP contribution in [-0.2, 0) is 4.79 Å². The van der Waals surface area contributed by atoms with Gasteiger partial charge in [0.1, 0.15) is 11.6 Å². The topological polar surface area (TPSA) is 54.5 Å². The number of carbonyl (C=O) groups is 1. The van der Waals surface area contributed by atoms with Gasteiger partial charge in [-0.25, -0.2) is 4.98 Å². The number of amides is 1. The summed E-state index contributed by atoms with van der Waals surface area (Å²) >= 11 is 0. The molecule has 1 aromatic heterocycles. The summed E-state index contributed by atoms with van der Waals surface area (Å²) in [4.78, 5) is 19.4. The second kappa shape index (κ2) is 8.15. The van der Waals surface area contributed by atoms with Crippen LogP contribution < -0.4 is 15.0 Å².